The molecule has 0 amide bonds. The summed E-state index contributed by atoms with van der Waals surface area (Å²) in [5, 5.41) is 0. The van der Waals surface area contributed by atoms with Crippen LogP contribution < -0.4 is 4.57 Å². The molecule has 196 valence electrons. The van der Waals surface area contributed by atoms with Crippen molar-refractivity contribution in [3.05, 3.63) is 78.6 Å². The first-order valence-corrected chi connectivity index (χ1v) is 15.1. The number of imidazole rings is 1. The SMILES string of the molecule is CCCCCCCCCCCCCCCCCCn1cc[n+](Cc2ccccc2)c1-c1ccccc1. The second-order valence-electron chi connectivity index (χ2n) is 10.6. The molecule has 0 spiro atoms. The topological polar surface area (TPSA) is 8.81 Å². The number of benzene rings is 2. The molecule has 3 rings (SSSR count). The zero-order valence-corrected chi connectivity index (χ0v) is 23.1. The smallest absolute Gasteiger partial charge is 0.230 e. The molecule has 0 aliphatic heterocycles. The molecular formula is C34H51N2+. The summed E-state index contributed by atoms with van der Waals surface area (Å²) < 4.78 is 4.86. The van der Waals surface area contributed by atoms with Gasteiger partial charge in [0.05, 0.1) is 12.1 Å². The van der Waals surface area contributed by atoms with E-state index >= 15 is 0 Å². The summed E-state index contributed by atoms with van der Waals surface area (Å²) in [5.74, 6) is 1.32. The third-order valence-electron chi connectivity index (χ3n) is 7.45. The average molecular weight is 488 g/mol. The van der Waals surface area contributed by atoms with Gasteiger partial charge >= 0.3 is 0 Å². The highest BCUT2D eigenvalue weighted by Gasteiger charge is 2.19. The molecule has 0 aliphatic rings. The fourth-order valence-corrected chi connectivity index (χ4v) is 5.30. The molecule has 2 nitrogen and oxygen atoms in total. The first-order valence-electron chi connectivity index (χ1n) is 15.1. The minimum atomic E-state index is 0.914. The van der Waals surface area contributed by atoms with Crippen molar-refractivity contribution in [3.8, 4) is 11.4 Å². The quantitative estimate of drug-likeness (QED) is 0.111. The highest BCUT2D eigenvalue weighted by atomic mass is 15.1. The van der Waals surface area contributed by atoms with Gasteiger partial charge < -0.3 is 0 Å². The van der Waals surface area contributed by atoms with Gasteiger partial charge in [-0.3, -0.25) is 0 Å². The Balaban J connectivity index is 1.29. The maximum Gasteiger partial charge on any atom is 0.289 e. The van der Waals surface area contributed by atoms with Crippen LogP contribution in [0.15, 0.2) is 73.1 Å². The van der Waals surface area contributed by atoms with Gasteiger partial charge in [-0.05, 0) is 30.5 Å². The summed E-state index contributed by atoms with van der Waals surface area (Å²) in [5.41, 5.74) is 2.65. The molecular weight excluding hydrogens is 436 g/mol. The Morgan fingerprint density at radius 1 is 0.556 bits per heavy atom. The lowest BCUT2D eigenvalue weighted by molar-refractivity contribution is -0.676. The lowest BCUT2D eigenvalue weighted by Gasteiger charge is -2.06. The zero-order chi connectivity index (χ0) is 25.1. The number of nitrogens with zero attached hydrogens (tertiary/aromatic N) is 2. The first-order chi connectivity index (χ1) is 17.9. The number of aryl methyl sites for hydroxylation is 1. The molecule has 0 atom stereocenters. The van der Waals surface area contributed by atoms with Crippen LogP contribution in [-0.2, 0) is 13.1 Å². The lowest BCUT2D eigenvalue weighted by Crippen LogP contribution is -2.35. The summed E-state index contributed by atoms with van der Waals surface area (Å²) in [6, 6.07) is 21.7. The first kappa shape index (κ1) is 28.2. The van der Waals surface area contributed by atoms with Crippen LogP contribution in [-0.4, -0.2) is 4.57 Å². The summed E-state index contributed by atoms with van der Waals surface area (Å²) in [7, 11) is 0. The Morgan fingerprint density at radius 2 is 1.03 bits per heavy atom. The van der Waals surface area contributed by atoms with Crippen LogP contribution in [0, 0.1) is 0 Å². The summed E-state index contributed by atoms with van der Waals surface area (Å²) in [4.78, 5) is 0. The lowest BCUT2D eigenvalue weighted by atomic mass is 10.0. The van der Waals surface area contributed by atoms with Crippen molar-refractivity contribution in [2.24, 2.45) is 0 Å². The molecule has 0 N–H and O–H groups in total. The molecule has 0 saturated heterocycles. The van der Waals surface area contributed by atoms with Gasteiger partial charge in [0.1, 0.15) is 18.9 Å². The van der Waals surface area contributed by atoms with Crippen LogP contribution in [0.3, 0.4) is 0 Å². The molecule has 2 aromatic carbocycles. The molecule has 1 heterocycles. The van der Waals surface area contributed by atoms with Gasteiger partial charge in [0.2, 0.25) is 0 Å². The number of hydrogen-bond donors (Lipinski definition) is 0. The molecule has 0 bridgehead atoms. The summed E-state index contributed by atoms with van der Waals surface area (Å²) in [6.45, 7) is 4.31. The molecule has 3 aromatic rings. The molecule has 0 unspecified atom stereocenters. The molecule has 0 aliphatic carbocycles. The predicted molar refractivity (Wildman–Crippen MR) is 155 cm³/mol. The van der Waals surface area contributed by atoms with Gasteiger partial charge in [-0.25, -0.2) is 9.13 Å². The minimum absolute atomic E-state index is 0.914. The average Bonchev–Trinajstić information content (AvgIpc) is 3.31. The number of unbranched alkanes of at least 4 members (excludes halogenated alkanes) is 15. The normalized spacial score (nSPS) is 11.2. The van der Waals surface area contributed by atoms with Crippen LogP contribution >= 0.6 is 0 Å². The van der Waals surface area contributed by atoms with E-state index in [9.17, 15) is 0 Å². The van der Waals surface area contributed by atoms with Crippen molar-refractivity contribution in [1.82, 2.24) is 4.57 Å². The largest absolute Gasteiger partial charge is 0.289 e. The fourth-order valence-electron chi connectivity index (χ4n) is 5.30. The van der Waals surface area contributed by atoms with E-state index in [4.69, 9.17) is 0 Å². The van der Waals surface area contributed by atoms with Crippen molar-refractivity contribution in [3.63, 3.8) is 0 Å². The van der Waals surface area contributed by atoms with Crippen molar-refractivity contribution >= 4 is 0 Å². The third kappa shape index (κ3) is 10.7. The summed E-state index contributed by atoms with van der Waals surface area (Å²) in [6.07, 6.45) is 27.2. The van der Waals surface area contributed by atoms with E-state index in [-0.39, 0.29) is 0 Å². The molecule has 0 radical (unpaired) electrons. The van der Waals surface area contributed by atoms with Crippen molar-refractivity contribution < 1.29 is 4.57 Å². The molecule has 36 heavy (non-hydrogen) atoms. The van der Waals surface area contributed by atoms with Crippen molar-refractivity contribution in [2.45, 2.75) is 123 Å². The van der Waals surface area contributed by atoms with Gasteiger partial charge in [-0.2, -0.15) is 0 Å². The van der Waals surface area contributed by atoms with E-state index in [2.05, 4.69) is 89.1 Å². The Morgan fingerprint density at radius 3 is 1.56 bits per heavy atom. The van der Waals surface area contributed by atoms with E-state index in [1.807, 2.05) is 0 Å². The summed E-state index contributed by atoms with van der Waals surface area (Å²) >= 11 is 0. The minimum Gasteiger partial charge on any atom is -0.230 e. The van der Waals surface area contributed by atoms with E-state index in [1.54, 1.807) is 0 Å². The second kappa shape index (κ2) is 18.0. The van der Waals surface area contributed by atoms with Gasteiger partial charge in [0, 0.05) is 0 Å². The maximum atomic E-state index is 2.46. The number of hydrogen-bond acceptors (Lipinski definition) is 0. The van der Waals surface area contributed by atoms with E-state index in [1.165, 1.54) is 120 Å². The maximum absolute atomic E-state index is 2.46. The van der Waals surface area contributed by atoms with Crippen LogP contribution in [0.25, 0.3) is 11.4 Å². The monoisotopic (exact) mass is 487 g/mol. The number of rotatable bonds is 20. The van der Waals surface area contributed by atoms with E-state index in [0.29, 0.717) is 0 Å². The number of aromatic nitrogens is 2. The Bertz CT molecular complexity index is 913. The van der Waals surface area contributed by atoms with Crippen LogP contribution in [0.2, 0.25) is 0 Å². The van der Waals surface area contributed by atoms with Crippen molar-refractivity contribution in [2.75, 3.05) is 0 Å². The Hall–Kier alpha value is -2.35. The Labute approximate surface area is 221 Å². The Kier molecular flexibility index (Phi) is 14.1. The highest BCUT2D eigenvalue weighted by Crippen LogP contribution is 2.18. The molecule has 1 aromatic heterocycles. The van der Waals surface area contributed by atoms with Crippen LogP contribution in [0.5, 0.6) is 0 Å². The molecule has 0 saturated carbocycles. The zero-order valence-electron chi connectivity index (χ0n) is 23.1. The highest BCUT2D eigenvalue weighted by molar-refractivity contribution is 5.52. The van der Waals surface area contributed by atoms with Gasteiger partial charge in [0.25, 0.3) is 5.82 Å². The van der Waals surface area contributed by atoms with Crippen LogP contribution in [0.1, 0.15) is 115 Å². The van der Waals surface area contributed by atoms with Gasteiger partial charge in [-0.15, -0.1) is 0 Å². The standard InChI is InChI=1S/C34H51N2/c1-2-3-4-5-6-7-8-9-10-11-12-13-14-15-16-23-28-35-29-30-36(31-32-24-19-17-20-25-32)34(35)33-26-21-18-22-27-33/h17-22,24-27,29-30H,2-16,23,28,31H2,1H3/q+1. The predicted octanol–water partition coefficient (Wildman–Crippen LogP) is 9.75. The van der Waals surface area contributed by atoms with E-state index in [0.717, 1.165) is 13.1 Å². The van der Waals surface area contributed by atoms with Crippen molar-refractivity contribution in [1.29, 1.82) is 0 Å². The van der Waals surface area contributed by atoms with Gasteiger partial charge in [0.15, 0.2) is 0 Å². The third-order valence-corrected chi connectivity index (χ3v) is 7.45. The fraction of sp³-hybridized carbons (Fsp3) is 0.559. The van der Waals surface area contributed by atoms with Crippen LogP contribution in [0.4, 0.5) is 0 Å². The van der Waals surface area contributed by atoms with Gasteiger partial charge in [-0.1, -0.05) is 145 Å². The molecule has 0 fully saturated rings. The molecule has 2 heteroatoms. The van der Waals surface area contributed by atoms with E-state index < -0.39 is 0 Å². The second-order valence-corrected chi connectivity index (χ2v) is 10.6.